The van der Waals surface area contributed by atoms with Crippen LogP contribution in [0.5, 0.6) is 0 Å². The number of ether oxygens (including phenoxy) is 1. The number of hydrogen-bond donors (Lipinski definition) is 1. The zero-order chi connectivity index (χ0) is 13.6. The summed E-state index contributed by atoms with van der Waals surface area (Å²) in [4.78, 5) is 1.94. The fourth-order valence-corrected chi connectivity index (χ4v) is 1.35. The molecule has 6 heteroatoms. The Morgan fingerprint density at radius 1 is 1.33 bits per heavy atom. The summed E-state index contributed by atoms with van der Waals surface area (Å²) in [7, 11) is 3.63. The van der Waals surface area contributed by atoms with Crippen molar-refractivity contribution in [3.05, 3.63) is 5.89 Å². The Labute approximate surface area is 109 Å². The molecule has 0 saturated carbocycles. The Kier molecular flexibility index (Phi) is 5.55. The number of aromatic nitrogens is 2. The third kappa shape index (κ3) is 5.46. The van der Waals surface area contributed by atoms with E-state index in [1.165, 1.54) is 0 Å². The van der Waals surface area contributed by atoms with Crippen LogP contribution in [0.25, 0.3) is 0 Å². The van der Waals surface area contributed by atoms with E-state index >= 15 is 0 Å². The summed E-state index contributed by atoms with van der Waals surface area (Å²) in [5, 5.41) is 11.3. The first-order chi connectivity index (χ1) is 8.42. The normalized spacial score (nSPS) is 11.8. The molecule has 0 spiro atoms. The van der Waals surface area contributed by atoms with Crippen molar-refractivity contribution in [2.45, 2.75) is 39.3 Å². The van der Waals surface area contributed by atoms with Crippen molar-refractivity contribution in [1.82, 2.24) is 15.5 Å². The van der Waals surface area contributed by atoms with Crippen LogP contribution in [0, 0.1) is 0 Å². The molecule has 0 unspecified atom stereocenters. The van der Waals surface area contributed by atoms with E-state index in [9.17, 15) is 0 Å². The topological polar surface area (TPSA) is 63.4 Å². The van der Waals surface area contributed by atoms with Crippen molar-refractivity contribution in [2.24, 2.45) is 0 Å². The fourth-order valence-electron chi connectivity index (χ4n) is 1.35. The summed E-state index contributed by atoms with van der Waals surface area (Å²) in [6, 6.07) is 0.553. The first-order valence-corrected chi connectivity index (χ1v) is 6.20. The van der Waals surface area contributed by atoms with Gasteiger partial charge in [0.05, 0.1) is 6.54 Å². The third-order valence-electron chi connectivity index (χ3n) is 2.39. The Hall–Kier alpha value is -1.14. The predicted octanol–water partition coefficient (Wildman–Crippen LogP) is 1.43. The maximum atomic E-state index is 5.57. The van der Waals surface area contributed by atoms with Gasteiger partial charge in [0.2, 0.25) is 5.89 Å². The molecule has 1 N–H and O–H groups in total. The maximum Gasteiger partial charge on any atom is 0.317 e. The van der Waals surface area contributed by atoms with Gasteiger partial charge in [0.15, 0.2) is 0 Å². The second kappa shape index (κ2) is 6.70. The molecule has 1 aromatic rings. The molecule has 1 heterocycles. The maximum absolute atomic E-state index is 5.57. The summed E-state index contributed by atoms with van der Waals surface area (Å²) >= 11 is 0. The lowest BCUT2D eigenvalue weighted by Crippen LogP contribution is -2.35. The number of nitrogens with one attached hydrogen (secondary N) is 1. The molecule has 0 saturated heterocycles. The van der Waals surface area contributed by atoms with E-state index in [4.69, 9.17) is 9.15 Å². The Balaban J connectivity index is 2.42. The minimum atomic E-state index is 0.0407. The molecule has 0 bridgehead atoms. The van der Waals surface area contributed by atoms with Crippen molar-refractivity contribution in [2.75, 3.05) is 32.2 Å². The van der Waals surface area contributed by atoms with E-state index in [0.717, 1.165) is 19.6 Å². The van der Waals surface area contributed by atoms with Crippen LogP contribution in [0.2, 0.25) is 0 Å². The molecule has 0 aliphatic heterocycles. The van der Waals surface area contributed by atoms with Crippen molar-refractivity contribution < 1.29 is 9.15 Å². The second-order valence-corrected chi connectivity index (χ2v) is 5.35. The molecular formula is C12H24N4O2. The number of rotatable bonds is 7. The van der Waals surface area contributed by atoms with Crippen LogP contribution in [0.3, 0.4) is 0 Å². The summed E-state index contributed by atoms with van der Waals surface area (Å²) in [5.41, 5.74) is 0.0407. The predicted molar refractivity (Wildman–Crippen MR) is 70.7 cm³/mol. The molecule has 6 nitrogen and oxygen atoms in total. The molecule has 0 radical (unpaired) electrons. The smallest absolute Gasteiger partial charge is 0.317 e. The van der Waals surface area contributed by atoms with Gasteiger partial charge in [-0.15, -0.1) is 5.10 Å². The van der Waals surface area contributed by atoms with Gasteiger partial charge in [0, 0.05) is 32.8 Å². The van der Waals surface area contributed by atoms with Crippen molar-refractivity contribution in [3.8, 4) is 0 Å². The van der Waals surface area contributed by atoms with Crippen LogP contribution in [0.1, 0.15) is 33.1 Å². The molecule has 0 aliphatic rings. The summed E-state index contributed by atoms with van der Waals surface area (Å²) in [6.45, 7) is 8.45. The summed E-state index contributed by atoms with van der Waals surface area (Å²) in [5.74, 6) is 0.610. The molecule has 0 amide bonds. The SMILES string of the molecule is COCCCN(C)c1nnc(CNC(C)(C)C)o1. The van der Waals surface area contributed by atoms with Crippen LogP contribution >= 0.6 is 0 Å². The molecule has 104 valence electrons. The molecule has 1 rings (SSSR count). The van der Waals surface area contributed by atoms with Gasteiger partial charge in [-0.2, -0.15) is 0 Å². The van der Waals surface area contributed by atoms with E-state index < -0.39 is 0 Å². The lowest BCUT2D eigenvalue weighted by atomic mass is 10.1. The quantitative estimate of drug-likeness (QED) is 0.745. The highest BCUT2D eigenvalue weighted by atomic mass is 16.5. The van der Waals surface area contributed by atoms with E-state index in [2.05, 4.69) is 36.3 Å². The first kappa shape index (κ1) is 14.9. The van der Waals surface area contributed by atoms with Gasteiger partial charge in [-0.1, -0.05) is 5.10 Å². The number of anilines is 1. The van der Waals surface area contributed by atoms with Crippen LogP contribution < -0.4 is 10.2 Å². The number of hydrogen-bond acceptors (Lipinski definition) is 6. The van der Waals surface area contributed by atoms with Gasteiger partial charge in [-0.05, 0) is 27.2 Å². The summed E-state index contributed by atoms with van der Waals surface area (Å²) in [6.07, 6.45) is 0.935. The average molecular weight is 256 g/mol. The minimum Gasteiger partial charge on any atom is -0.407 e. The van der Waals surface area contributed by atoms with E-state index in [-0.39, 0.29) is 5.54 Å². The van der Waals surface area contributed by atoms with Gasteiger partial charge in [0.25, 0.3) is 0 Å². The van der Waals surface area contributed by atoms with E-state index in [1.54, 1.807) is 7.11 Å². The molecule has 0 fully saturated rings. The average Bonchev–Trinajstić information content (AvgIpc) is 2.74. The highest BCUT2D eigenvalue weighted by Gasteiger charge is 2.13. The molecular weight excluding hydrogens is 232 g/mol. The Morgan fingerprint density at radius 3 is 2.67 bits per heavy atom. The van der Waals surface area contributed by atoms with Gasteiger partial charge >= 0.3 is 6.01 Å². The van der Waals surface area contributed by atoms with Crippen molar-refractivity contribution in [1.29, 1.82) is 0 Å². The number of nitrogens with zero attached hydrogens (tertiary/aromatic N) is 3. The standard InChI is InChI=1S/C12H24N4O2/c1-12(2,3)13-9-10-14-15-11(18-10)16(4)7-6-8-17-5/h13H,6-9H2,1-5H3. The highest BCUT2D eigenvalue weighted by molar-refractivity contribution is 5.21. The molecule has 1 aromatic heterocycles. The monoisotopic (exact) mass is 256 g/mol. The van der Waals surface area contributed by atoms with Crippen LogP contribution in [0.15, 0.2) is 4.42 Å². The second-order valence-electron chi connectivity index (χ2n) is 5.35. The van der Waals surface area contributed by atoms with Crippen molar-refractivity contribution >= 4 is 6.01 Å². The van der Waals surface area contributed by atoms with Gasteiger partial charge < -0.3 is 19.4 Å². The van der Waals surface area contributed by atoms with Crippen LogP contribution in [0.4, 0.5) is 6.01 Å². The fraction of sp³-hybridized carbons (Fsp3) is 0.833. The minimum absolute atomic E-state index is 0.0407. The number of methoxy groups -OCH3 is 1. The Bertz CT molecular complexity index is 346. The largest absolute Gasteiger partial charge is 0.407 e. The molecule has 0 atom stereocenters. The lowest BCUT2D eigenvalue weighted by molar-refractivity contribution is 0.196. The van der Waals surface area contributed by atoms with Crippen LogP contribution in [-0.4, -0.2) is 43.0 Å². The molecule has 0 aliphatic carbocycles. The van der Waals surface area contributed by atoms with E-state index in [1.807, 2.05) is 11.9 Å². The highest BCUT2D eigenvalue weighted by Crippen LogP contribution is 2.11. The Morgan fingerprint density at radius 2 is 2.06 bits per heavy atom. The van der Waals surface area contributed by atoms with Crippen molar-refractivity contribution in [3.63, 3.8) is 0 Å². The third-order valence-corrected chi connectivity index (χ3v) is 2.39. The van der Waals surface area contributed by atoms with Gasteiger partial charge in [-0.3, -0.25) is 0 Å². The lowest BCUT2D eigenvalue weighted by Gasteiger charge is -2.18. The first-order valence-electron chi connectivity index (χ1n) is 6.20. The van der Waals surface area contributed by atoms with E-state index in [0.29, 0.717) is 18.5 Å². The molecule has 0 aromatic carbocycles. The zero-order valence-electron chi connectivity index (χ0n) is 12.0. The van der Waals surface area contributed by atoms with Gasteiger partial charge in [0.1, 0.15) is 0 Å². The van der Waals surface area contributed by atoms with Crippen LogP contribution in [-0.2, 0) is 11.3 Å². The zero-order valence-corrected chi connectivity index (χ0v) is 12.0. The summed E-state index contributed by atoms with van der Waals surface area (Å²) < 4.78 is 10.6. The molecule has 18 heavy (non-hydrogen) atoms. The van der Waals surface area contributed by atoms with Gasteiger partial charge in [-0.25, -0.2) is 0 Å².